The van der Waals surface area contributed by atoms with Crippen LogP contribution in [0.5, 0.6) is 0 Å². The minimum Gasteiger partial charge on any atom is -0.0772 e. The molecule has 77 heavy (non-hydrogen) atoms. The Labute approximate surface area is 449 Å². The molecule has 16 rings (SSSR count). The van der Waals surface area contributed by atoms with Crippen LogP contribution in [0.4, 0.5) is 0 Å². The monoisotopic (exact) mass is 1010 g/mol. The van der Waals surface area contributed by atoms with Crippen molar-refractivity contribution < 1.29 is 0 Å². The lowest BCUT2D eigenvalue weighted by molar-refractivity contribution is 0.770. The second-order valence-electron chi connectivity index (χ2n) is 20.6. The highest BCUT2D eigenvalue weighted by Gasteiger charge is 2.47. The molecule has 0 nitrogen and oxygen atoms in total. The smallest absolute Gasteiger partial charge is 0.0719 e. The van der Waals surface area contributed by atoms with Crippen LogP contribution in [0.15, 0.2) is 291 Å². The van der Waals surface area contributed by atoms with Crippen LogP contribution in [-0.4, -0.2) is 0 Å². The van der Waals surface area contributed by atoms with E-state index in [4.69, 9.17) is 0 Å². The van der Waals surface area contributed by atoms with E-state index in [1.54, 1.807) is 0 Å². The lowest BCUT2D eigenvalue weighted by atomic mass is 9.65. The number of fused-ring (bicyclic) bond motifs is 11. The van der Waals surface area contributed by atoms with Crippen LogP contribution >= 0.6 is 15.1 Å². The summed E-state index contributed by atoms with van der Waals surface area (Å²) in [6, 6.07) is 111. The zero-order valence-corrected chi connectivity index (χ0v) is 43.9. The Morgan fingerprint density at radius 3 is 1.13 bits per heavy atom. The quantitative estimate of drug-likeness (QED) is 0.140. The lowest BCUT2D eigenvalue weighted by Gasteiger charge is -2.35. The molecule has 2 heterocycles. The van der Waals surface area contributed by atoms with Gasteiger partial charge < -0.3 is 0 Å². The number of rotatable bonds is 7. The van der Waals surface area contributed by atoms with Crippen LogP contribution in [0.2, 0.25) is 0 Å². The van der Waals surface area contributed by atoms with Gasteiger partial charge in [-0.3, -0.25) is 0 Å². The summed E-state index contributed by atoms with van der Waals surface area (Å²) in [5.41, 5.74) is 14.7. The van der Waals surface area contributed by atoms with Gasteiger partial charge in [-0.15, -0.1) is 0 Å². The Morgan fingerprint density at radius 1 is 0.234 bits per heavy atom. The summed E-state index contributed by atoms with van der Waals surface area (Å²) in [7, 11) is -1.50. The number of hydrogen-bond acceptors (Lipinski definition) is 0. The van der Waals surface area contributed by atoms with Crippen molar-refractivity contribution in [1.82, 2.24) is 0 Å². The fourth-order valence-electron chi connectivity index (χ4n) is 13.8. The molecule has 0 amide bonds. The van der Waals surface area contributed by atoms with Gasteiger partial charge in [-0.05, 0) is 128 Å². The number of hydrogen-bond donors (Lipinski definition) is 0. The molecule has 358 valence electrons. The van der Waals surface area contributed by atoms with Gasteiger partial charge in [0.05, 0.1) is 5.41 Å². The molecule has 0 radical (unpaired) electrons. The summed E-state index contributed by atoms with van der Waals surface area (Å²) < 4.78 is 0. The maximum Gasteiger partial charge on any atom is 0.0719 e. The molecule has 2 atom stereocenters. The molecule has 0 aliphatic heterocycles. The van der Waals surface area contributed by atoms with Crippen LogP contribution in [0, 0.1) is 0 Å². The fourth-order valence-corrected chi connectivity index (χ4v) is 19.1. The van der Waals surface area contributed by atoms with Crippen LogP contribution in [0.25, 0.3) is 119 Å². The molecule has 0 saturated carbocycles. The maximum absolute atomic E-state index is 2.57. The summed E-state index contributed by atoms with van der Waals surface area (Å²) in [4.78, 5) is 0. The molecule has 0 bridgehead atoms. The van der Waals surface area contributed by atoms with Crippen molar-refractivity contribution >= 4 is 78.6 Å². The van der Waals surface area contributed by atoms with Crippen LogP contribution in [0.1, 0.15) is 22.3 Å². The first-order valence-electron chi connectivity index (χ1n) is 26.8. The van der Waals surface area contributed by atoms with Crippen LogP contribution < -0.4 is 0 Å². The first-order chi connectivity index (χ1) is 38.3. The highest BCUT2D eigenvalue weighted by molar-refractivity contribution is 7.68. The summed E-state index contributed by atoms with van der Waals surface area (Å²) >= 11 is 0. The molecule has 0 fully saturated rings. The SMILES string of the molecule is c1ccc(-p2c3ccccc3c3c(-c4cccc5c(-c6cccc7c6C(c6ccccc6)(c6ccccc6)c6ccccc6-7)c6cccc(-c7cccc8c7c7ccccc7p8-c7ccccc7)c6cc45)cccc32)cc1. The summed E-state index contributed by atoms with van der Waals surface area (Å²) in [6.45, 7) is 0. The average molecular weight is 1010 g/mol. The van der Waals surface area contributed by atoms with Gasteiger partial charge in [0.2, 0.25) is 0 Å². The van der Waals surface area contributed by atoms with Crippen molar-refractivity contribution in [3.8, 4) is 55.1 Å². The highest BCUT2D eigenvalue weighted by Crippen LogP contribution is 2.62. The minimum absolute atomic E-state index is 0.605. The minimum atomic E-state index is -0.752. The summed E-state index contributed by atoms with van der Waals surface area (Å²) in [5.74, 6) is 0. The van der Waals surface area contributed by atoms with E-state index < -0.39 is 20.5 Å². The van der Waals surface area contributed by atoms with Crippen molar-refractivity contribution in [1.29, 1.82) is 0 Å². The third kappa shape index (κ3) is 6.41. The van der Waals surface area contributed by atoms with Crippen molar-refractivity contribution in [3.63, 3.8) is 0 Å². The van der Waals surface area contributed by atoms with E-state index >= 15 is 0 Å². The molecule has 2 aromatic heterocycles. The predicted molar refractivity (Wildman–Crippen MR) is 333 cm³/mol. The molecule has 2 unspecified atom stereocenters. The normalized spacial score (nSPS) is 13.2. The van der Waals surface area contributed by atoms with Crippen LogP contribution in [0.3, 0.4) is 0 Å². The molecule has 1 aliphatic rings. The van der Waals surface area contributed by atoms with E-state index in [1.165, 1.54) is 141 Å². The Balaban J connectivity index is 1.07. The van der Waals surface area contributed by atoms with Crippen molar-refractivity contribution in [2.45, 2.75) is 5.41 Å². The van der Waals surface area contributed by atoms with E-state index in [0.29, 0.717) is 0 Å². The van der Waals surface area contributed by atoms with E-state index in [2.05, 4.69) is 291 Å². The molecule has 0 saturated heterocycles. The fraction of sp³-hybridized carbons (Fsp3) is 0.0133. The standard InChI is InChI=1S/C75H48P2/c1-5-24-49(25-6-1)75(50-26-7-2-8-27-50)66-43-16-13-32-55(66)60-41-21-42-63(74(60)75)71-58-37-19-35-53(56-39-22-46-69-72(56)61-33-14-17-44-67(61)76(69)51-28-9-3-10-29-51)64(58)48-65-54(36-20-38-59(65)71)57-40-23-47-70-73(57)62-34-15-18-45-68(62)77(70)52-30-11-4-12-31-52/h1-48H. The third-order valence-corrected chi connectivity index (χ3v) is 21.9. The predicted octanol–water partition coefficient (Wildman–Crippen LogP) is 21.9. The average Bonchev–Trinajstić information content (AvgIpc) is 4.27. The van der Waals surface area contributed by atoms with E-state index in [9.17, 15) is 0 Å². The third-order valence-electron chi connectivity index (χ3n) is 16.8. The van der Waals surface area contributed by atoms with Crippen LogP contribution in [-0.2, 0) is 5.41 Å². The van der Waals surface area contributed by atoms with Gasteiger partial charge in [0.1, 0.15) is 0 Å². The molecule has 0 spiro atoms. The molecular formula is C75H48P2. The second kappa shape index (κ2) is 17.5. The molecule has 13 aromatic carbocycles. The molecule has 1 aliphatic carbocycles. The Morgan fingerprint density at radius 2 is 0.597 bits per heavy atom. The van der Waals surface area contributed by atoms with Gasteiger partial charge in [0, 0.05) is 31.2 Å². The van der Waals surface area contributed by atoms with Gasteiger partial charge in [-0.2, -0.15) is 0 Å². The number of benzene rings is 13. The van der Waals surface area contributed by atoms with E-state index in [0.717, 1.165) is 0 Å². The molecule has 2 heteroatoms. The van der Waals surface area contributed by atoms with Gasteiger partial charge in [0.25, 0.3) is 0 Å². The first kappa shape index (κ1) is 44.3. The maximum atomic E-state index is 2.57. The van der Waals surface area contributed by atoms with E-state index in [-0.39, 0.29) is 0 Å². The van der Waals surface area contributed by atoms with Gasteiger partial charge in [-0.25, -0.2) is 0 Å². The zero-order valence-electron chi connectivity index (χ0n) is 42.1. The molecule has 15 aromatic rings. The Kier molecular flexibility index (Phi) is 10.1. The Bertz CT molecular complexity index is 4580. The largest absolute Gasteiger partial charge is 0.0772 e. The Hall–Kier alpha value is -9.02. The highest BCUT2D eigenvalue weighted by atomic mass is 31.1. The van der Waals surface area contributed by atoms with Gasteiger partial charge >= 0.3 is 0 Å². The van der Waals surface area contributed by atoms with Crippen molar-refractivity contribution in [3.05, 3.63) is 313 Å². The summed E-state index contributed by atoms with van der Waals surface area (Å²) in [5, 5.41) is 18.9. The second-order valence-corrected chi connectivity index (χ2v) is 24.9. The topological polar surface area (TPSA) is 0 Å². The van der Waals surface area contributed by atoms with E-state index in [1.807, 2.05) is 0 Å². The first-order valence-corrected chi connectivity index (χ1v) is 29.4. The van der Waals surface area contributed by atoms with Gasteiger partial charge in [0.15, 0.2) is 0 Å². The lowest BCUT2D eigenvalue weighted by Crippen LogP contribution is -2.29. The molecule has 0 N–H and O–H groups in total. The van der Waals surface area contributed by atoms with Crippen molar-refractivity contribution in [2.24, 2.45) is 0 Å². The zero-order chi connectivity index (χ0) is 50.6. The van der Waals surface area contributed by atoms with Gasteiger partial charge in [-0.1, -0.05) is 288 Å². The van der Waals surface area contributed by atoms with Crippen molar-refractivity contribution in [2.75, 3.05) is 0 Å². The molecular weight excluding hydrogens is 963 g/mol. The summed E-state index contributed by atoms with van der Waals surface area (Å²) in [6.07, 6.45) is 0.